The fourth-order valence-electron chi connectivity index (χ4n) is 3.01. The standard InChI is InChI=1S/C19H24N2OS/c22-19(18-7-5-15-23-18)20-12-4-6-16-8-10-17(11-9-16)21-13-2-1-3-14-21/h5,7-11,15H,1-4,6,12-14H2,(H,20,22). The van der Waals surface area contributed by atoms with E-state index in [0.29, 0.717) is 0 Å². The van der Waals surface area contributed by atoms with Crippen molar-refractivity contribution in [2.24, 2.45) is 0 Å². The number of hydrogen-bond acceptors (Lipinski definition) is 3. The van der Waals surface area contributed by atoms with Crippen LogP contribution in [0.5, 0.6) is 0 Å². The number of anilines is 1. The van der Waals surface area contributed by atoms with Gasteiger partial charge in [-0.25, -0.2) is 0 Å². The second-order valence-corrected chi connectivity index (χ2v) is 7.00. The average Bonchev–Trinajstić information content (AvgIpc) is 3.15. The van der Waals surface area contributed by atoms with Crippen LogP contribution in [0.25, 0.3) is 0 Å². The summed E-state index contributed by atoms with van der Waals surface area (Å²) in [6.07, 6.45) is 5.97. The van der Waals surface area contributed by atoms with E-state index in [1.165, 1.54) is 54.9 Å². The van der Waals surface area contributed by atoms with Crippen molar-refractivity contribution in [3.8, 4) is 0 Å². The first-order valence-electron chi connectivity index (χ1n) is 8.48. The van der Waals surface area contributed by atoms with Gasteiger partial charge in [0.15, 0.2) is 0 Å². The van der Waals surface area contributed by atoms with E-state index in [1.807, 2.05) is 17.5 Å². The predicted molar refractivity (Wildman–Crippen MR) is 97.5 cm³/mol. The zero-order valence-corrected chi connectivity index (χ0v) is 14.3. The molecule has 0 bridgehead atoms. The number of piperidine rings is 1. The average molecular weight is 328 g/mol. The molecule has 0 spiro atoms. The predicted octanol–water partition coefficient (Wildman–Crippen LogP) is 4.10. The third kappa shape index (κ3) is 4.58. The number of hydrogen-bond donors (Lipinski definition) is 1. The summed E-state index contributed by atoms with van der Waals surface area (Å²) >= 11 is 1.48. The molecular weight excluding hydrogens is 304 g/mol. The van der Waals surface area contributed by atoms with Gasteiger partial charge in [-0.15, -0.1) is 11.3 Å². The van der Waals surface area contributed by atoms with Crippen LogP contribution in [0.2, 0.25) is 0 Å². The lowest BCUT2D eigenvalue weighted by Gasteiger charge is -2.28. The van der Waals surface area contributed by atoms with E-state index in [0.717, 1.165) is 24.3 Å². The van der Waals surface area contributed by atoms with Gasteiger partial charge >= 0.3 is 0 Å². The quantitative estimate of drug-likeness (QED) is 0.810. The summed E-state index contributed by atoms with van der Waals surface area (Å²) in [5.74, 6) is 0.0421. The molecule has 122 valence electrons. The van der Waals surface area contributed by atoms with Crippen molar-refractivity contribution in [3.63, 3.8) is 0 Å². The Morgan fingerprint density at radius 1 is 1.09 bits per heavy atom. The first-order valence-corrected chi connectivity index (χ1v) is 9.36. The third-order valence-electron chi connectivity index (χ3n) is 4.33. The van der Waals surface area contributed by atoms with Gasteiger partial charge in [-0.05, 0) is 61.2 Å². The van der Waals surface area contributed by atoms with Crippen molar-refractivity contribution in [2.75, 3.05) is 24.5 Å². The highest BCUT2D eigenvalue weighted by molar-refractivity contribution is 7.12. The van der Waals surface area contributed by atoms with E-state index >= 15 is 0 Å². The maximum absolute atomic E-state index is 11.8. The minimum Gasteiger partial charge on any atom is -0.372 e. The van der Waals surface area contributed by atoms with E-state index in [1.54, 1.807) is 0 Å². The minimum atomic E-state index is 0.0421. The Balaban J connectivity index is 1.41. The van der Waals surface area contributed by atoms with Gasteiger partial charge in [-0.2, -0.15) is 0 Å². The summed E-state index contributed by atoms with van der Waals surface area (Å²) < 4.78 is 0. The summed E-state index contributed by atoms with van der Waals surface area (Å²) in [5.41, 5.74) is 2.69. The highest BCUT2D eigenvalue weighted by Gasteiger charge is 2.10. The van der Waals surface area contributed by atoms with E-state index in [-0.39, 0.29) is 5.91 Å². The zero-order chi connectivity index (χ0) is 15.9. The number of aryl methyl sites for hydroxylation is 1. The number of rotatable bonds is 6. The smallest absolute Gasteiger partial charge is 0.261 e. The van der Waals surface area contributed by atoms with E-state index in [9.17, 15) is 4.79 Å². The molecule has 3 rings (SSSR count). The Bertz CT molecular complexity index is 601. The van der Waals surface area contributed by atoms with Gasteiger partial charge in [0.1, 0.15) is 0 Å². The number of nitrogens with one attached hydrogen (secondary N) is 1. The van der Waals surface area contributed by atoms with Gasteiger partial charge < -0.3 is 10.2 Å². The van der Waals surface area contributed by atoms with Crippen LogP contribution in [0.1, 0.15) is 40.9 Å². The summed E-state index contributed by atoms with van der Waals surface area (Å²) in [5, 5.41) is 4.91. The minimum absolute atomic E-state index is 0.0421. The fraction of sp³-hybridized carbons (Fsp3) is 0.421. The van der Waals surface area contributed by atoms with Crippen molar-refractivity contribution >= 4 is 22.9 Å². The Morgan fingerprint density at radius 3 is 2.57 bits per heavy atom. The summed E-state index contributed by atoms with van der Waals surface area (Å²) in [7, 11) is 0. The van der Waals surface area contributed by atoms with Gasteiger partial charge in [-0.3, -0.25) is 4.79 Å². The Kier molecular flexibility index (Phi) is 5.70. The number of carbonyl (C=O) groups excluding carboxylic acids is 1. The monoisotopic (exact) mass is 328 g/mol. The number of benzene rings is 1. The molecule has 0 unspecified atom stereocenters. The van der Waals surface area contributed by atoms with Gasteiger partial charge in [0.05, 0.1) is 4.88 Å². The van der Waals surface area contributed by atoms with Crippen LogP contribution in [-0.2, 0) is 6.42 Å². The number of carbonyl (C=O) groups is 1. The molecule has 0 radical (unpaired) electrons. The molecule has 0 aliphatic carbocycles. The molecule has 1 aliphatic rings. The molecule has 1 N–H and O–H groups in total. The molecule has 1 aromatic heterocycles. The van der Waals surface area contributed by atoms with Crippen molar-refractivity contribution in [1.82, 2.24) is 5.32 Å². The van der Waals surface area contributed by atoms with Crippen LogP contribution in [0.4, 0.5) is 5.69 Å². The molecule has 1 fully saturated rings. The van der Waals surface area contributed by atoms with Crippen LogP contribution in [-0.4, -0.2) is 25.5 Å². The van der Waals surface area contributed by atoms with Crippen molar-refractivity contribution < 1.29 is 4.79 Å². The largest absolute Gasteiger partial charge is 0.372 e. The molecule has 1 aliphatic heterocycles. The topological polar surface area (TPSA) is 32.3 Å². The van der Waals surface area contributed by atoms with Crippen LogP contribution in [0.3, 0.4) is 0 Å². The number of nitrogens with zero attached hydrogens (tertiary/aromatic N) is 1. The lowest BCUT2D eigenvalue weighted by Crippen LogP contribution is -2.29. The van der Waals surface area contributed by atoms with Gasteiger partial charge in [0.25, 0.3) is 5.91 Å². The Hall–Kier alpha value is -1.81. The van der Waals surface area contributed by atoms with E-state index in [4.69, 9.17) is 0 Å². The second-order valence-electron chi connectivity index (χ2n) is 6.05. The Labute approximate surface area is 142 Å². The molecule has 23 heavy (non-hydrogen) atoms. The van der Waals surface area contributed by atoms with Gasteiger partial charge in [0, 0.05) is 25.3 Å². The molecule has 2 heterocycles. The van der Waals surface area contributed by atoms with Crippen molar-refractivity contribution in [3.05, 3.63) is 52.2 Å². The normalized spacial score (nSPS) is 14.7. The molecule has 1 saturated heterocycles. The summed E-state index contributed by atoms with van der Waals surface area (Å²) in [4.78, 5) is 15.1. The van der Waals surface area contributed by atoms with Gasteiger partial charge in [-0.1, -0.05) is 18.2 Å². The van der Waals surface area contributed by atoms with Crippen molar-refractivity contribution in [2.45, 2.75) is 32.1 Å². The van der Waals surface area contributed by atoms with E-state index in [2.05, 4.69) is 34.5 Å². The summed E-state index contributed by atoms with van der Waals surface area (Å²) in [6, 6.07) is 12.7. The highest BCUT2D eigenvalue weighted by Crippen LogP contribution is 2.20. The lowest BCUT2D eigenvalue weighted by molar-refractivity contribution is 0.0957. The molecule has 2 aromatic rings. The first kappa shape index (κ1) is 16.1. The maximum Gasteiger partial charge on any atom is 0.261 e. The van der Waals surface area contributed by atoms with Crippen LogP contribution in [0, 0.1) is 0 Å². The summed E-state index contributed by atoms with van der Waals surface area (Å²) in [6.45, 7) is 3.10. The third-order valence-corrected chi connectivity index (χ3v) is 5.20. The van der Waals surface area contributed by atoms with Gasteiger partial charge in [0.2, 0.25) is 0 Å². The van der Waals surface area contributed by atoms with Crippen LogP contribution < -0.4 is 10.2 Å². The van der Waals surface area contributed by atoms with Crippen LogP contribution in [0.15, 0.2) is 41.8 Å². The first-order chi connectivity index (χ1) is 11.3. The molecule has 1 aromatic carbocycles. The highest BCUT2D eigenvalue weighted by atomic mass is 32.1. The molecular formula is C19H24N2OS. The molecule has 3 nitrogen and oxygen atoms in total. The molecule has 0 atom stereocenters. The Morgan fingerprint density at radius 2 is 1.87 bits per heavy atom. The van der Waals surface area contributed by atoms with Crippen LogP contribution >= 0.6 is 11.3 Å². The number of amides is 1. The second kappa shape index (κ2) is 8.16. The molecule has 0 saturated carbocycles. The molecule has 1 amide bonds. The zero-order valence-electron chi connectivity index (χ0n) is 13.5. The van der Waals surface area contributed by atoms with Crippen molar-refractivity contribution in [1.29, 1.82) is 0 Å². The SMILES string of the molecule is O=C(NCCCc1ccc(N2CCCCC2)cc1)c1cccs1. The fourth-order valence-corrected chi connectivity index (χ4v) is 3.65. The number of thiophene rings is 1. The lowest BCUT2D eigenvalue weighted by atomic mass is 10.1. The van der Waals surface area contributed by atoms with E-state index < -0.39 is 0 Å². The maximum atomic E-state index is 11.8. The molecule has 4 heteroatoms.